The topological polar surface area (TPSA) is 59.3 Å². The van der Waals surface area contributed by atoms with Gasteiger partial charge in [-0.25, -0.2) is 4.39 Å². The SMILES string of the molecule is N#Cc1ccc(OCC(=O)C2CCOCC2)cc1F. The molecule has 4 nitrogen and oxygen atoms in total. The molecule has 0 aliphatic carbocycles. The number of carbonyl (C=O) groups is 1. The Balaban J connectivity index is 1.89. The first-order chi connectivity index (χ1) is 9.20. The number of Topliss-reactive ketones (excluding diaryl/α,β-unsaturated/α-hetero) is 1. The maximum absolute atomic E-state index is 13.3. The minimum Gasteiger partial charge on any atom is -0.486 e. The molecule has 1 aliphatic rings. The molecule has 0 spiro atoms. The molecular weight excluding hydrogens is 249 g/mol. The summed E-state index contributed by atoms with van der Waals surface area (Å²) in [7, 11) is 0. The molecule has 0 saturated carbocycles. The Hall–Kier alpha value is -1.93. The zero-order chi connectivity index (χ0) is 13.7. The van der Waals surface area contributed by atoms with Crippen molar-refractivity contribution in [1.82, 2.24) is 0 Å². The molecule has 0 unspecified atom stereocenters. The minimum atomic E-state index is -0.640. The molecule has 1 aliphatic heterocycles. The van der Waals surface area contributed by atoms with Gasteiger partial charge in [-0.1, -0.05) is 0 Å². The summed E-state index contributed by atoms with van der Waals surface area (Å²) >= 11 is 0. The number of hydrogen-bond donors (Lipinski definition) is 0. The van der Waals surface area contributed by atoms with E-state index in [0.29, 0.717) is 26.1 Å². The number of ether oxygens (including phenoxy) is 2. The van der Waals surface area contributed by atoms with Crippen LogP contribution in [-0.4, -0.2) is 25.6 Å². The zero-order valence-corrected chi connectivity index (χ0v) is 10.4. The fraction of sp³-hybridized carbons (Fsp3) is 0.429. The Bertz CT molecular complexity index is 504. The second-order valence-electron chi connectivity index (χ2n) is 4.40. The fourth-order valence-electron chi connectivity index (χ4n) is 1.97. The molecule has 0 bridgehead atoms. The van der Waals surface area contributed by atoms with Crippen molar-refractivity contribution in [3.05, 3.63) is 29.6 Å². The summed E-state index contributed by atoms with van der Waals surface area (Å²) < 4.78 is 23.8. The number of benzene rings is 1. The summed E-state index contributed by atoms with van der Waals surface area (Å²) in [5, 5.41) is 8.60. The van der Waals surface area contributed by atoms with Gasteiger partial charge in [0, 0.05) is 25.2 Å². The van der Waals surface area contributed by atoms with Crippen LogP contribution < -0.4 is 4.74 Å². The van der Waals surface area contributed by atoms with Crippen LogP contribution >= 0.6 is 0 Å². The van der Waals surface area contributed by atoms with E-state index in [0.717, 1.165) is 6.07 Å². The molecular formula is C14H14FNO3. The molecule has 1 heterocycles. The number of halogens is 1. The largest absolute Gasteiger partial charge is 0.486 e. The number of nitriles is 1. The van der Waals surface area contributed by atoms with Crippen LogP contribution in [-0.2, 0) is 9.53 Å². The van der Waals surface area contributed by atoms with E-state index in [1.807, 2.05) is 0 Å². The number of ketones is 1. The summed E-state index contributed by atoms with van der Waals surface area (Å²) in [6.07, 6.45) is 1.42. The van der Waals surface area contributed by atoms with Crippen LogP contribution in [0.15, 0.2) is 18.2 Å². The van der Waals surface area contributed by atoms with Crippen molar-refractivity contribution < 1.29 is 18.7 Å². The van der Waals surface area contributed by atoms with Crippen LogP contribution in [0.1, 0.15) is 18.4 Å². The molecule has 0 amide bonds. The number of nitrogens with zero attached hydrogens (tertiary/aromatic N) is 1. The van der Waals surface area contributed by atoms with Gasteiger partial charge in [0.2, 0.25) is 0 Å². The maximum Gasteiger partial charge on any atom is 0.173 e. The third kappa shape index (κ3) is 3.52. The van der Waals surface area contributed by atoms with Crippen molar-refractivity contribution in [2.45, 2.75) is 12.8 Å². The lowest BCUT2D eigenvalue weighted by atomic mass is 9.96. The second-order valence-corrected chi connectivity index (χ2v) is 4.40. The van der Waals surface area contributed by atoms with Crippen molar-refractivity contribution >= 4 is 5.78 Å². The molecule has 0 radical (unpaired) electrons. The van der Waals surface area contributed by atoms with E-state index in [9.17, 15) is 9.18 Å². The van der Waals surface area contributed by atoms with Gasteiger partial charge in [0.05, 0.1) is 5.56 Å². The molecule has 1 fully saturated rings. The molecule has 19 heavy (non-hydrogen) atoms. The molecule has 0 N–H and O–H groups in total. The average molecular weight is 263 g/mol. The predicted molar refractivity (Wildman–Crippen MR) is 65.2 cm³/mol. The predicted octanol–water partition coefficient (Wildman–Crippen LogP) is 2.07. The highest BCUT2D eigenvalue weighted by molar-refractivity contribution is 5.82. The summed E-state index contributed by atoms with van der Waals surface area (Å²) in [5.74, 6) is -0.402. The van der Waals surface area contributed by atoms with E-state index < -0.39 is 5.82 Å². The van der Waals surface area contributed by atoms with E-state index in [2.05, 4.69) is 0 Å². The summed E-state index contributed by atoms with van der Waals surface area (Å²) in [6.45, 7) is 1.12. The highest BCUT2D eigenvalue weighted by Gasteiger charge is 2.21. The van der Waals surface area contributed by atoms with Crippen molar-refractivity contribution in [2.24, 2.45) is 5.92 Å². The van der Waals surface area contributed by atoms with E-state index >= 15 is 0 Å². The Morgan fingerprint density at radius 1 is 1.47 bits per heavy atom. The molecule has 1 aromatic rings. The van der Waals surface area contributed by atoms with Crippen LogP contribution in [0.5, 0.6) is 5.75 Å². The van der Waals surface area contributed by atoms with E-state index in [1.54, 1.807) is 6.07 Å². The highest BCUT2D eigenvalue weighted by atomic mass is 19.1. The Kier molecular flexibility index (Phi) is 4.48. The lowest BCUT2D eigenvalue weighted by Crippen LogP contribution is -2.27. The summed E-state index contributed by atoms with van der Waals surface area (Å²) in [5.41, 5.74) is -0.0388. The number of hydrogen-bond acceptors (Lipinski definition) is 4. The number of rotatable bonds is 4. The second kappa shape index (κ2) is 6.30. The van der Waals surface area contributed by atoms with Gasteiger partial charge < -0.3 is 9.47 Å². The zero-order valence-electron chi connectivity index (χ0n) is 10.4. The number of carbonyl (C=O) groups excluding carboxylic acids is 1. The minimum absolute atomic E-state index is 0.00747. The van der Waals surface area contributed by atoms with Crippen molar-refractivity contribution in [2.75, 3.05) is 19.8 Å². The average Bonchev–Trinajstić information content (AvgIpc) is 2.46. The monoisotopic (exact) mass is 263 g/mol. The highest BCUT2D eigenvalue weighted by Crippen LogP contribution is 2.19. The maximum atomic E-state index is 13.3. The van der Waals surface area contributed by atoms with E-state index in [1.165, 1.54) is 12.1 Å². The molecule has 2 rings (SSSR count). The van der Waals surface area contributed by atoms with Gasteiger partial charge >= 0.3 is 0 Å². The van der Waals surface area contributed by atoms with Crippen LogP contribution in [0.2, 0.25) is 0 Å². The van der Waals surface area contributed by atoms with Crippen LogP contribution in [0, 0.1) is 23.1 Å². The smallest absolute Gasteiger partial charge is 0.173 e. The molecule has 5 heteroatoms. The van der Waals surface area contributed by atoms with Gasteiger partial charge in [-0.3, -0.25) is 4.79 Å². The lowest BCUT2D eigenvalue weighted by Gasteiger charge is -2.20. The van der Waals surface area contributed by atoms with Crippen LogP contribution in [0.25, 0.3) is 0 Å². The van der Waals surface area contributed by atoms with Gasteiger partial charge in [0.15, 0.2) is 5.78 Å². The van der Waals surface area contributed by atoms with Gasteiger partial charge in [-0.15, -0.1) is 0 Å². The normalized spacial score (nSPS) is 15.8. The van der Waals surface area contributed by atoms with Crippen molar-refractivity contribution in [1.29, 1.82) is 5.26 Å². The van der Waals surface area contributed by atoms with Crippen LogP contribution in [0.3, 0.4) is 0 Å². The standard InChI is InChI=1S/C14H14FNO3/c15-13-7-12(2-1-11(13)8-16)19-9-14(17)10-3-5-18-6-4-10/h1-2,7,10H,3-6,9H2. The first-order valence-corrected chi connectivity index (χ1v) is 6.13. The Morgan fingerprint density at radius 2 is 2.21 bits per heavy atom. The third-order valence-electron chi connectivity index (χ3n) is 3.12. The molecule has 0 atom stereocenters. The molecule has 100 valence electrons. The summed E-state index contributed by atoms with van der Waals surface area (Å²) in [4.78, 5) is 11.9. The summed E-state index contributed by atoms with van der Waals surface area (Å²) in [6, 6.07) is 5.67. The van der Waals surface area contributed by atoms with Gasteiger partial charge in [-0.2, -0.15) is 5.26 Å². The first kappa shape index (κ1) is 13.5. The Labute approximate surface area is 110 Å². The van der Waals surface area contributed by atoms with E-state index in [-0.39, 0.29) is 29.6 Å². The Morgan fingerprint density at radius 3 is 2.84 bits per heavy atom. The third-order valence-corrected chi connectivity index (χ3v) is 3.12. The van der Waals surface area contributed by atoms with Gasteiger partial charge in [-0.05, 0) is 25.0 Å². The quantitative estimate of drug-likeness (QED) is 0.834. The first-order valence-electron chi connectivity index (χ1n) is 6.13. The van der Waals surface area contributed by atoms with E-state index in [4.69, 9.17) is 14.7 Å². The van der Waals surface area contributed by atoms with Crippen molar-refractivity contribution in [3.8, 4) is 11.8 Å². The van der Waals surface area contributed by atoms with Crippen LogP contribution in [0.4, 0.5) is 4.39 Å². The molecule has 0 aromatic heterocycles. The van der Waals surface area contributed by atoms with Gasteiger partial charge in [0.25, 0.3) is 0 Å². The molecule has 1 saturated heterocycles. The van der Waals surface area contributed by atoms with Gasteiger partial charge in [0.1, 0.15) is 24.2 Å². The fourth-order valence-corrected chi connectivity index (χ4v) is 1.97. The van der Waals surface area contributed by atoms with Crippen molar-refractivity contribution in [3.63, 3.8) is 0 Å². The molecule has 1 aromatic carbocycles. The lowest BCUT2D eigenvalue weighted by molar-refractivity contribution is -0.127.